The summed E-state index contributed by atoms with van der Waals surface area (Å²) in [5.41, 5.74) is 1.07. The molecule has 0 spiro atoms. The van der Waals surface area contributed by atoms with E-state index in [1.165, 1.54) is 0 Å². The summed E-state index contributed by atoms with van der Waals surface area (Å²) in [5.74, 6) is 1.20. The molecule has 0 saturated carbocycles. The van der Waals surface area contributed by atoms with Gasteiger partial charge < -0.3 is 19.9 Å². The minimum Gasteiger partial charge on any atom is -0.494 e. The maximum absolute atomic E-state index is 12.6. The number of fused-ring (bicyclic) bond motifs is 1. The number of carbonyl (C=O) groups is 1. The number of para-hydroxylation sites is 1. The van der Waals surface area contributed by atoms with Crippen molar-refractivity contribution in [1.29, 1.82) is 0 Å². The van der Waals surface area contributed by atoms with Crippen molar-refractivity contribution in [2.45, 2.75) is 20.4 Å². The molecule has 0 radical (unpaired) electrons. The predicted octanol–water partition coefficient (Wildman–Crippen LogP) is 3.38. The van der Waals surface area contributed by atoms with Gasteiger partial charge in [-0.1, -0.05) is 12.1 Å². The lowest BCUT2D eigenvalue weighted by Crippen LogP contribution is -2.35. The summed E-state index contributed by atoms with van der Waals surface area (Å²) in [7, 11) is 0. The minimum atomic E-state index is -0.266. The molecule has 1 aromatic heterocycles. The molecule has 0 aliphatic carbocycles. The zero-order valence-corrected chi connectivity index (χ0v) is 15.4. The first kappa shape index (κ1) is 18.4. The zero-order chi connectivity index (χ0) is 19.2. The van der Waals surface area contributed by atoms with Crippen molar-refractivity contribution >= 4 is 22.6 Å². The Morgan fingerprint density at radius 2 is 1.89 bits per heavy atom. The molecule has 0 unspecified atom stereocenters. The number of aromatic amines is 1. The van der Waals surface area contributed by atoms with E-state index in [1.807, 2.05) is 19.9 Å². The van der Waals surface area contributed by atoms with Crippen LogP contribution in [0.5, 0.6) is 5.75 Å². The van der Waals surface area contributed by atoms with Gasteiger partial charge in [0.15, 0.2) is 0 Å². The van der Waals surface area contributed by atoms with Gasteiger partial charge in [0.2, 0.25) is 0 Å². The van der Waals surface area contributed by atoms with E-state index in [9.17, 15) is 9.59 Å². The van der Waals surface area contributed by atoms with Crippen LogP contribution >= 0.6 is 0 Å². The molecule has 0 fully saturated rings. The second kappa shape index (κ2) is 8.35. The fourth-order valence-corrected chi connectivity index (χ4v) is 2.72. The fraction of sp³-hybridized carbons (Fsp3) is 0.250. The van der Waals surface area contributed by atoms with Crippen molar-refractivity contribution < 1.29 is 9.53 Å². The summed E-state index contributed by atoms with van der Waals surface area (Å²) in [6.07, 6.45) is 0. The maximum atomic E-state index is 12.6. The number of aromatic nitrogens is 2. The number of amides is 2. The van der Waals surface area contributed by atoms with E-state index in [4.69, 9.17) is 4.74 Å². The second-order valence-corrected chi connectivity index (χ2v) is 5.93. The third kappa shape index (κ3) is 4.44. The van der Waals surface area contributed by atoms with Crippen molar-refractivity contribution in [3.8, 4) is 5.75 Å². The Hall–Kier alpha value is -3.35. The third-order valence-corrected chi connectivity index (χ3v) is 4.09. The normalized spacial score (nSPS) is 10.6. The Labute approximate surface area is 157 Å². The molecule has 7 heteroatoms. The number of hydrogen-bond acceptors (Lipinski definition) is 4. The number of nitrogens with zero attached hydrogens (tertiary/aromatic N) is 2. The van der Waals surface area contributed by atoms with Crippen LogP contribution in [0.4, 0.5) is 10.5 Å². The van der Waals surface area contributed by atoms with Crippen LogP contribution in [0.15, 0.2) is 53.3 Å². The summed E-state index contributed by atoms with van der Waals surface area (Å²) in [4.78, 5) is 33.5. The van der Waals surface area contributed by atoms with Crippen molar-refractivity contribution in [2.24, 2.45) is 0 Å². The molecule has 3 rings (SSSR count). The number of rotatable bonds is 6. The number of nitrogens with one attached hydrogen (secondary N) is 2. The van der Waals surface area contributed by atoms with Crippen molar-refractivity contribution in [3.63, 3.8) is 0 Å². The zero-order valence-electron chi connectivity index (χ0n) is 15.4. The van der Waals surface area contributed by atoms with E-state index in [0.717, 1.165) is 5.75 Å². The van der Waals surface area contributed by atoms with Crippen molar-refractivity contribution in [3.05, 3.63) is 64.7 Å². The van der Waals surface area contributed by atoms with Crippen LogP contribution in [0.25, 0.3) is 10.9 Å². The van der Waals surface area contributed by atoms with Crippen molar-refractivity contribution in [2.75, 3.05) is 18.5 Å². The van der Waals surface area contributed by atoms with Crippen LogP contribution in [-0.2, 0) is 6.54 Å². The molecule has 0 saturated heterocycles. The molecule has 7 nitrogen and oxygen atoms in total. The summed E-state index contributed by atoms with van der Waals surface area (Å²) in [5, 5.41) is 3.38. The average molecular weight is 366 g/mol. The molecule has 2 aromatic carbocycles. The van der Waals surface area contributed by atoms with Crippen LogP contribution in [0.3, 0.4) is 0 Å². The molecule has 0 aliphatic heterocycles. The van der Waals surface area contributed by atoms with Crippen molar-refractivity contribution in [1.82, 2.24) is 14.9 Å². The Balaban J connectivity index is 1.72. The molecule has 1 heterocycles. The summed E-state index contributed by atoms with van der Waals surface area (Å²) in [6, 6.07) is 14.0. The highest BCUT2D eigenvalue weighted by molar-refractivity contribution is 5.89. The van der Waals surface area contributed by atoms with Gasteiger partial charge in [0.25, 0.3) is 5.56 Å². The molecule has 27 heavy (non-hydrogen) atoms. The molecular formula is C20H22N4O3. The molecule has 3 aromatic rings. The van der Waals surface area contributed by atoms with E-state index in [2.05, 4.69) is 15.3 Å². The smallest absolute Gasteiger partial charge is 0.322 e. The van der Waals surface area contributed by atoms with Crippen LogP contribution < -0.4 is 15.6 Å². The summed E-state index contributed by atoms with van der Waals surface area (Å²) >= 11 is 0. The lowest BCUT2D eigenvalue weighted by Gasteiger charge is -2.21. The fourth-order valence-electron chi connectivity index (χ4n) is 2.72. The topological polar surface area (TPSA) is 87.3 Å². The minimum absolute atomic E-state index is 0.208. The predicted molar refractivity (Wildman–Crippen MR) is 105 cm³/mol. The van der Waals surface area contributed by atoms with E-state index in [-0.39, 0.29) is 18.1 Å². The van der Waals surface area contributed by atoms with Crippen LogP contribution in [0.2, 0.25) is 0 Å². The van der Waals surface area contributed by atoms with Crippen LogP contribution in [0, 0.1) is 0 Å². The molecule has 140 valence electrons. The summed E-state index contributed by atoms with van der Waals surface area (Å²) < 4.78 is 5.39. The Kier molecular flexibility index (Phi) is 5.71. The molecule has 0 aliphatic rings. The quantitative estimate of drug-likeness (QED) is 0.700. The Bertz CT molecular complexity index is 982. The molecule has 2 N–H and O–H groups in total. The highest BCUT2D eigenvalue weighted by Crippen LogP contribution is 2.16. The molecule has 0 bridgehead atoms. The number of carbonyl (C=O) groups excluding carboxylic acids is 1. The Morgan fingerprint density at radius 1 is 1.15 bits per heavy atom. The van der Waals surface area contributed by atoms with Gasteiger partial charge in [0, 0.05) is 12.2 Å². The second-order valence-electron chi connectivity index (χ2n) is 5.93. The number of urea groups is 1. The molecular weight excluding hydrogens is 344 g/mol. The van der Waals surface area contributed by atoms with Gasteiger partial charge in [-0.15, -0.1) is 0 Å². The van der Waals surface area contributed by atoms with E-state index < -0.39 is 0 Å². The van der Waals surface area contributed by atoms with Gasteiger partial charge in [-0.2, -0.15) is 0 Å². The number of anilines is 1. The number of benzene rings is 2. The van der Waals surface area contributed by atoms with Gasteiger partial charge in [0.1, 0.15) is 11.6 Å². The first-order chi connectivity index (χ1) is 13.1. The first-order valence-corrected chi connectivity index (χ1v) is 8.87. The SMILES string of the molecule is CCOc1ccc(NC(=O)N(CC)Cc2nc3ccccc3c(=O)[nH]2)cc1. The van der Waals surface area contributed by atoms with E-state index >= 15 is 0 Å². The van der Waals surface area contributed by atoms with Gasteiger partial charge >= 0.3 is 6.03 Å². The van der Waals surface area contributed by atoms with Gasteiger partial charge in [-0.05, 0) is 50.2 Å². The lowest BCUT2D eigenvalue weighted by atomic mass is 10.2. The average Bonchev–Trinajstić information content (AvgIpc) is 2.68. The highest BCUT2D eigenvalue weighted by atomic mass is 16.5. The van der Waals surface area contributed by atoms with Crippen LogP contribution in [-0.4, -0.2) is 34.1 Å². The van der Waals surface area contributed by atoms with Gasteiger partial charge in [0.05, 0.1) is 24.1 Å². The largest absolute Gasteiger partial charge is 0.494 e. The molecule has 0 atom stereocenters. The standard InChI is InChI=1S/C20H22N4O3/c1-3-24(20(26)21-14-9-11-15(12-10-14)27-4-2)13-18-22-17-8-6-5-7-16(17)19(25)23-18/h5-12H,3-4,13H2,1-2H3,(H,21,26)(H,22,23,25). The highest BCUT2D eigenvalue weighted by Gasteiger charge is 2.14. The van der Waals surface area contributed by atoms with Crippen LogP contribution in [0.1, 0.15) is 19.7 Å². The van der Waals surface area contributed by atoms with E-state index in [0.29, 0.717) is 35.6 Å². The monoisotopic (exact) mass is 366 g/mol. The van der Waals surface area contributed by atoms with Gasteiger partial charge in [-0.3, -0.25) is 4.79 Å². The number of H-pyrrole nitrogens is 1. The first-order valence-electron chi connectivity index (χ1n) is 8.87. The maximum Gasteiger partial charge on any atom is 0.322 e. The number of hydrogen-bond donors (Lipinski definition) is 2. The summed E-state index contributed by atoms with van der Waals surface area (Å²) in [6.45, 7) is 5.06. The van der Waals surface area contributed by atoms with Gasteiger partial charge in [-0.25, -0.2) is 9.78 Å². The third-order valence-electron chi connectivity index (χ3n) is 4.09. The molecule has 2 amide bonds. The van der Waals surface area contributed by atoms with E-state index in [1.54, 1.807) is 47.4 Å². The number of ether oxygens (including phenoxy) is 1. The lowest BCUT2D eigenvalue weighted by molar-refractivity contribution is 0.211. The Morgan fingerprint density at radius 3 is 2.59 bits per heavy atom.